The molecule has 8 heteroatoms. The average molecular weight is 353 g/mol. The van der Waals surface area contributed by atoms with Gasteiger partial charge in [-0.2, -0.15) is 8.42 Å². The van der Waals surface area contributed by atoms with E-state index in [1.807, 2.05) is 0 Å². The third-order valence-corrected chi connectivity index (χ3v) is 4.13. The molecule has 1 saturated carbocycles. The summed E-state index contributed by atoms with van der Waals surface area (Å²) >= 11 is 0. The molecule has 0 saturated heterocycles. The zero-order chi connectivity index (χ0) is 17.7. The summed E-state index contributed by atoms with van der Waals surface area (Å²) in [5.41, 5.74) is -2.09. The summed E-state index contributed by atoms with van der Waals surface area (Å²) in [4.78, 5) is 11.9. The number of carbonyl (C=O) groups is 1. The normalized spacial score (nSPS) is 19.9. The zero-order valence-corrected chi connectivity index (χ0v) is 15.2. The van der Waals surface area contributed by atoms with Gasteiger partial charge in [0, 0.05) is 6.42 Å². The van der Waals surface area contributed by atoms with Gasteiger partial charge in [0.1, 0.15) is 11.3 Å². The van der Waals surface area contributed by atoms with E-state index in [1.54, 1.807) is 20.8 Å². The van der Waals surface area contributed by atoms with Crippen molar-refractivity contribution in [2.45, 2.75) is 76.6 Å². The van der Waals surface area contributed by atoms with Crippen LogP contribution in [0.25, 0.3) is 0 Å². The molecule has 0 bridgehead atoms. The van der Waals surface area contributed by atoms with Gasteiger partial charge >= 0.3 is 6.09 Å². The number of alkyl carbamates (subject to hydrolysis) is 1. The Kier molecular flexibility index (Phi) is 6.82. The quantitative estimate of drug-likeness (QED) is 0.743. The predicted molar refractivity (Wildman–Crippen MR) is 85.5 cm³/mol. The number of hydrogen-bond acceptors (Lipinski definition) is 5. The van der Waals surface area contributed by atoms with E-state index in [-0.39, 0.29) is 13.0 Å². The van der Waals surface area contributed by atoms with Gasteiger partial charge in [0.05, 0.1) is 18.9 Å². The fraction of sp³-hybridized carbons (Fsp3) is 0.933. The first-order valence-corrected chi connectivity index (χ1v) is 9.73. The molecule has 23 heavy (non-hydrogen) atoms. The molecule has 1 rings (SSSR count). The van der Waals surface area contributed by atoms with Crippen molar-refractivity contribution in [2.24, 2.45) is 0 Å². The van der Waals surface area contributed by atoms with E-state index >= 15 is 0 Å². The first-order valence-electron chi connectivity index (χ1n) is 7.91. The molecule has 136 valence electrons. The third-order valence-electron chi connectivity index (χ3n) is 3.57. The molecule has 0 aromatic rings. The van der Waals surface area contributed by atoms with Gasteiger partial charge in [-0.15, -0.1) is 0 Å². The van der Waals surface area contributed by atoms with Crippen LogP contribution in [0.5, 0.6) is 0 Å². The highest BCUT2D eigenvalue weighted by atomic mass is 32.2. The Labute approximate surface area is 138 Å². The standard InChI is InChI=1S/C15H28FNO5S/c1-14(2,3)22-13(18)17-12(11-21-23(4,19)20)10-15(16)8-6-5-7-9-15/h12H,5-11H2,1-4H3,(H,17,18). The molecule has 0 aliphatic heterocycles. The molecule has 0 heterocycles. The molecular formula is C15H28FNO5S. The lowest BCUT2D eigenvalue weighted by molar-refractivity contribution is 0.0398. The fourth-order valence-electron chi connectivity index (χ4n) is 2.66. The Morgan fingerprint density at radius 1 is 1.26 bits per heavy atom. The zero-order valence-electron chi connectivity index (χ0n) is 14.4. The number of carbonyl (C=O) groups excluding carboxylic acids is 1. The molecular weight excluding hydrogens is 325 g/mol. The maximum Gasteiger partial charge on any atom is 0.407 e. The van der Waals surface area contributed by atoms with Crippen LogP contribution in [0.3, 0.4) is 0 Å². The van der Waals surface area contributed by atoms with Crippen molar-refractivity contribution < 1.29 is 26.5 Å². The summed E-state index contributed by atoms with van der Waals surface area (Å²) in [7, 11) is -3.67. The maximum atomic E-state index is 14.8. The van der Waals surface area contributed by atoms with Crippen molar-refractivity contribution in [2.75, 3.05) is 12.9 Å². The highest BCUT2D eigenvalue weighted by Crippen LogP contribution is 2.35. The van der Waals surface area contributed by atoms with Gasteiger partial charge in [-0.3, -0.25) is 4.18 Å². The van der Waals surface area contributed by atoms with Crippen LogP contribution in [0.4, 0.5) is 9.18 Å². The summed E-state index contributed by atoms with van der Waals surface area (Å²) in [5, 5.41) is 2.53. The van der Waals surface area contributed by atoms with Crippen LogP contribution in [-0.4, -0.2) is 44.7 Å². The van der Waals surface area contributed by atoms with E-state index in [9.17, 15) is 17.6 Å². The second-order valence-electron chi connectivity index (χ2n) is 7.25. The molecule has 1 amide bonds. The monoisotopic (exact) mass is 353 g/mol. The summed E-state index contributed by atoms with van der Waals surface area (Å²) in [6.07, 6.45) is 3.64. The van der Waals surface area contributed by atoms with Crippen molar-refractivity contribution >= 4 is 16.2 Å². The van der Waals surface area contributed by atoms with E-state index in [0.717, 1.165) is 25.5 Å². The van der Waals surface area contributed by atoms with Crippen LogP contribution in [0.15, 0.2) is 0 Å². The predicted octanol–water partition coefficient (Wildman–Crippen LogP) is 2.92. The average Bonchev–Trinajstić information content (AvgIpc) is 2.33. The van der Waals surface area contributed by atoms with Gasteiger partial charge < -0.3 is 10.1 Å². The highest BCUT2D eigenvalue weighted by Gasteiger charge is 2.35. The number of alkyl halides is 1. The van der Waals surface area contributed by atoms with Crippen molar-refractivity contribution in [3.05, 3.63) is 0 Å². The number of amides is 1. The second-order valence-corrected chi connectivity index (χ2v) is 8.89. The minimum Gasteiger partial charge on any atom is -0.444 e. The van der Waals surface area contributed by atoms with E-state index in [4.69, 9.17) is 8.92 Å². The lowest BCUT2D eigenvalue weighted by atomic mass is 9.82. The number of rotatable bonds is 6. The molecule has 0 radical (unpaired) electrons. The molecule has 1 unspecified atom stereocenters. The first kappa shape index (κ1) is 20.2. The molecule has 0 aromatic carbocycles. The molecule has 6 nitrogen and oxygen atoms in total. The smallest absolute Gasteiger partial charge is 0.407 e. The van der Waals surface area contributed by atoms with Crippen molar-refractivity contribution in [3.8, 4) is 0 Å². The Hall–Kier alpha value is -0.890. The lowest BCUT2D eigenvalue weighted by Crippen LogP contribution is -2.46. The summed E-state index contributed by atoms with van der Waals surface area (Å²) < 4.78 is 47.0. The Balaban J connectivity index is 2.69. The molecule has 1 N–H and O–H groups in total. The van der Waals surface area contributed by atoms with Crippen molar-refractivity contribution in [1.82, 2.24) is 5.32 Å². The molecule has 0 spiro atoms. The van der Waals surface area contributed by atoms with Gasteiger partial charge in [-0.25, -0.2) is 9.18 Å². The first-order chi connectivity index (χ1) is 10.4. The Bertz CT molecular complexity index is 494. The highest BCUT2D eigenvalue weighted by molar-refractivity contribution is 7.85. The van der Waals surface area contributed by atoms with Crippen LogP contribution in [0.2, 0.25) is 0 Å². The molecule has 0 aromatic heterocycles. The summed E-state index contributed by atoms with van der Waals surface area (Å²) in [5.74, 6) is 0. The minimum absolute atomic E-state index is 0.0156. The van der Waals surface area contributed by atoms with Crippen LogP contribution < -0.4 is 5.32 Å². The Morgan fingerprint density at radius 2 is 1.83 bits per heavy atom. The van der Waals surface area contributed by atoms with Gasteiger partial charge in [0.15, 0.2) is 0 Å². The van der Waals surface area contributed by atoms with Crippen LogP contribution in [0, 0.1) is 0 Å². The van der Waals surface area contributed by atoms with E-state index in [2.05, 4.69) is 5.32 Å². The molecule has 1 atom stereocenters. The SMILES string of the molecule is CC(C)(C)OC(=O)NC(COS(C)(=O)=O)CC1(F)CCCCC1. The number of ether oxygens (including phenoxy) is 1. The fourth-order valence-corrected chi connectivity index (χ4v) is 3.07. The number of halogens is 1. The van der Waals surface area contributed by atoms with Crippen LogP contribution in [-0.2, 0) is 19.0 Å². The maximum absolute atomic E-state index is 14.8. The number of nitrogens with one attached hydrogen (secondary N) is 1. The summed E-state index contributed by atoms with van der Waals surface area (Å²) in [6.45, 7) is 4.84. The largest absolute Gasteiger partial charge is 0.444 e. The minimum atomic E-state index is -3.67. The van der Waals surface area contributed by atoms with Gasteiger partial charge in [0.2, 0.25) is 0 Å². The van der Waals surface area contributed by atoms with E-state index in [0.29, 0.717) is 12.8 Å². The second kappa shape index (κ2) is 7.79. The topological polar surface area (TPSA) is 81.7 Å². The van der Waals surface area contributed by atoms with Gasteiger partial charge in [0.25, 0.3) is 10.1 Å². The van der Waals surface area contributed by atoms with Crippen LogP contribution in [0.1, 0.15) is 59.3 Å². The van der Waals surface area contributed by atoms with Crippen LogP contribution >= 0.6 is 0 Å². The van der Waals surface area contributed by atoms with Gasteiger partial charge in [-0.05, 0) is 33.6 Å². The van der Waals surface area contributed by atoms with Gasteiger partial charge in [-0.1, -0.05) is 19.3 Å². The number of hydrogen-bond donors (Lipinski definition) is 1. The van der Waals surface area contributed by atoms with Crippen molar-refractivity contribution in [1.29, 1.82) is 0 Å². The summed E-state index contributed by atoms with van der Waals surface area (Å²) in [6, 6.07) is -0.761. The Morgan fingerprint density at radius 3 is 2.30 bits per heavy atom. The lowest BCUT2D eigenvalue weighted by Gasteiger charge is -2.33. The van der Waals surface area contributed by atoms with E-state index in [1.165, 1.54) is 0 Å². The molecule has 1 aliphatic rings. The van der Waals surface area contributed by atoms with Crippen molar-refractivity contribution in [3.63, 3.8) is 0 Å². The third kappa shape index (κ3) is 9.10. The molecule has 1 fully saturated rings. The molecule has 1 aliphatic carbocycles. The van der Waals surface area contributed by atoms with E-state index < -0.39 is 33.5 Å².